The van der Waals surface area contributed by atoms with Crippen molar-refractivity contribution in [3.63, 3.8) is 0 Å². The lowest BCUT2D eigenvalue weighted by Crippen LogP contribution is -2.43. The lowest BCUT2D eigenvalue weighted by molar-refractivity contribution is 0.0616. The van der Waals surface area contributed by atoms with E-state index in [1.54, 1.807) is 0 Å². The SMILES string of the molecule is CC1CN(CC(C)(C)CNC2CC2)CCCO1. The van der Waals surface area contributed by atoms with E-state index in [0.717, 1.165) is 25.7 Å². The minimum atomic E-state index is 0.368. The first-order chi connectivity index (χ1) is 8.05. The normalized spacial score (nSPS) is 28.1. The average molecular weight is 240 g/mol. The molecular weight excluding hydrogens is 212 g/mol. The molecule has 2 fully saturated rings. The lowest BCUT2D eigenvalue weighted by atomic mass is 9.92. The zero-order chi connectivity index (χ0) is 12.3. The topological polar surface area (TPSA) is 24.5 Å². The van der Waals surface area contributed by atoms with Crippen LogP contribution >= 0.6 is 0 Å². The molecule has 0 amide bonds. The van der Waals surface area contributed by atoms with Gasteiger partial charge in [-0.15, -0.1) is 0 Å². The summed E-state index contributed by atoms with van der Waals surface area (Å²) in [5, 5.41) is 3.66. The number of nitrogens with one attached hydrogen (secondary N) is 1. The molecule has 100 valence electrons. The van der Waals surface area contributed by atoms with Crippen LogP contribution in [0, 0.1) is 5.41 Å². The highest BCUT2D eigenvalue weighted by Crippen LogP contribution is 2.23. The largest absolute Gasteiger partial charge is 0.377 e. The molecule has 0 radical (unpaired) electrons. The molecule has 17 heavy (non-hydrogen) atoms. The Labute approximate surface area is 106 Å². The van der Waals surface area contributed by atoms with Crippen LogP contribution in [0.25, 0.3) is 0 Å². The van der Waals surface area contributed by atoms with Gasteiger partial charge in [-0.3, -0.25) is 0 Å². The van der Waals surface area contributed by atoms with Crippen molar-refractivity contribution in [3.05, 3.63) is 0 Å². The monoisotopic (exact) mass is 240 g/mol. The van der Waals surface area contributed by atoms with Gasteiger partial charge >= 0.3 is 0 Å². The molecule has 1 aliphatic heterocycles. The van der Waals surface area contributed by atoms with Gasteiger partial charge in [0, 0.05) is 38.8 Å². The highest BCUT2D eigenvalue weighted by molar-refractivity contribution is 4.85. The highest BCUT2D eigenvalue weighted by atomic mass is 16.5. The molecule has 1 saturated carbocycles. The van der Waals surface area contributed by atoms with Crippen molar-refractivity contribution in [3.8, 4) is 0 Å². The number of ether oxygens (including phenoxy) is 1. The van der Waals surface area contributed by atoms with Gasteiger partial charge in [0.2, 0.25) is 0 Å². The molecule has 1 aliphatic carbocycles. The first-order valence-electron chi connectivity index (χ1n) is 7.12. The molecule has 2 aliphatic rings. The summed E-state index contributed by atoms with van der Waals surface area (Å²) in [6, 6.07) is 0.820. The summed E-state index contributed by atoms with van der Waals surface area (Å²) >= 11 is 0. The molecule has 0 aromatic carbocycles. The third-order valence-electron chi connectivity index (χ3n) is 3.63. The molecule has 1 N–H and O–H groups in total. The van der Waals surface area contributed by atoms with E-state index in [1.807, 2.05) is 0 Å². The maximum absolute atomic E-state index is 5.70. The van der Waals surface area contributed by atoms with Gasteiger partial charge < -0.3 is 15.0 Å². The Kier molecular flexibility index (Phi) is 4.45. The van der Waals surface area contributed by atoms with E-state index >= 15 is 0 Å². The maximum atomic E-state index is 5.70. The molecular formula is C14H28N2O. The summed E-state index contributed by atoms with van der Waals surface area (Å²) in [5.74, 6) is 0. The first kappa shape index (κ1) is 13.3. The fourth-order valence-corrected chi connectivity index (χ4v) is 2.59. The van der Waals surface area contributed by atoms with Crippen LogP contribution in [0.4, 0.5) is 0 Å². The molecule has 0 aromatic rings. The van der Waals surface area contributed by atoms with Crippen molar-refractivity contribution in [2.45, 2.75) is 52.2 Å². The van der Waals surface area contributed by atoms with Crippen LogP contribution in [-0.2, 0) is 4.74 Å². The fourth-order valence-electron chi connectivity index (χ4n) is 2.59. The number of hydrogen-bond donors (Lipinski definition) is 1. The Bertz CT molecular complexity index is 238. The second-order valence-corrected chi connectivity index (χ2v) is 6.59. The van der Waals surface area contributed by atoms with Crippen LogP contribution in [-0.4, -0.2) is 49.8 Å². The van der Waals surface area contributed by atoms with Gasteiger partial charge in [0.05, 0.1) is 6.10 Å². The highest BCUT2D eigenvalue weighted by Gasteiger charge is 2.27. The van der Waals surface area contributed by atoms with Gasteiger partial charge in [-0.05, 0) is 31.6 Å². The summed E-state index contributed by atoms with van der Waals surface area (Å²) in [6.45, 7) is 12.5. The van der Waals surface area contributed by atoms with Crippen LogP contribution in [0.15, 0.2) is 0 Å². The Balaban J connectivity index is 1.75. The van der Waals surface area contributed by atoms with Crippen molar-refractivity contribution in [1.29, 1.82) is 0 Å². The molecule has 1 heterocycles. The summed E-state index contributed by atoms with van der Waals surface area (Å²) in [7, 11) is 0. The predicted octanol–water partition coefficient (Wildman–Crippen LogP) is 1.88. The Hall–Kier alpha value is -0.120. The number of nitrogens with zero attached hydrogens (tertiary/aromatic N) is 1. The maximum Gasteiger partial charge on any atom is 0.0673 e. The Morgan fingerprint density at radius 3 is 2.82 bits per heavy atom. The molecule has 0 spiro atoms. The van der Waals surface area contributed by atoms with Crippen molar-refractivity contribution in [2.24, 2.45) is 5.41 Å². The second-order valence-electron chi connectivity index (χ2n) is 6.59. The van der Waals surface area contributed by atoms with Crippen LogP contribution in [0.2, 0.25) is 0 Å². The van der Waals surface area contributed by atoms with Gasteiger partial charge in [-0.2, -0.15) is 0 Å². The first-order valence-corrected chi connectivity index (χ1v) is 7.12. The van der Waals surface area contributed by atoms with Gasteiger partial charge in [0.25, 0.3) is 0 Å². The molecule has 2 rings (SSSR count). The predicted molar refractivity (Wildman–Crippen MR) is 71.3 cm³/mol. The van der Waals surface area contributed by atoms with E-state index in [9.17, 15) is 0 Å². The van der Waals surface area contributed by atoms with E-state index in [2.05, 4.69) is 31.0 Å². The molecule has 1 saturated heterocycles. The van der Waals surface area contributed by atoms with E-state index in [0.29, 0.717) is 11.5 Å². The van der Waals surface area contributed by atoms with E-state index in [-0.39, 0.29) is 0 Å². The minimum absolute atomic E-state index is 0.368. The van der Waals surface area contributed by atoms with E-state index < -0.39 is 0 Å². The fraction of sp³-hybridized carbons (Fsp3) is 1.00. The van der Waals surface area contributed by atoms with E-state index in [1.165, 1.54) is 32.4 Å². The third kappa shape index (κ3) is 4.94. The molecule has 1 unspecified atom stereocenters. The summed E-state index contributed by atoms with van der Waals surface area (Å²) in [4.78, 5) is 2.58. The van der Waals surface area contributed by atoms with Crippen molar-refractivity contribution in [1.82, 2.24) is 10.2 Å². The zero-order valence-corrected chi connectivity index (χ0v) is 11.7. The molecule has 0 aromatic heterocycles. The molecule has 0 bridgehead atoms. The third-order valence-corrected chi connectivity index (χ3v) is 3.63. The summed E-state index contributed by atoms with van der Waals surface area (Å²) < 4.78 is 5.70. The van der Waals surface area contributed by atoms with Crippen molar-refractivity contribution < 1.29 is 4.74 Å². The smallest absolute Gasteiger partial charge is 0.0673 e. The van der Waals surface area contributed by atoms with Gasteiger partial charge in [-0.25, -0.2) is 0 Å². The number of hydrogen-bond acceptors (Lipinski definition) is 3. The standard InChI is InChI=1S/C14H28N2O/c1-12-9-16(7-4-8-17-12)11-14(2,3)10-15-13-5-6-13/h12-13,15H,4-11H2,1-3H3. The molecule has 1 atom stereocenters. The van der Waals surface area contributed by atoms with Gasteiger partial charge in [0.1, 0.15) is 0 Å². The van der Waals surface area contributed by atoms with E-state index in [4.69, 9.17) is 4.74 Å². The minimum Gasteiger partial charge on any atom is -0.377 e. The Morgan fingerprint density at radius 2 is 2.12 bits per heavy atom. The average Bonchev–Trinajstić information content (AvgIpc) is 3.03. The van der Waals surface area contributed by atoms with Crippen molar-refractivity contribution in [2.75, 3.05) is 32.8 Å². The number of rotatable bonds is 5. The molecule has 3 nitrogen and oxygen atoms in total. The van der Waals surface area contributed by atoms with Crippen molar-refractivity contribution >= 4 is 0 Å². The van der Waals surface area contributed by atoms with Gasteiger partial charge in [0.15, 0.2) is 0 Å². The summed E-state index contributed by atoms with van der Waals surface area (Å²) in [5.41, 5.74) is 0.368. The van der Waals surface area contributed by atoms with Crippen LogP contribution in [0.1, 0.15) is 40.0 Å². The second kappa shape index (κ2) is 5.68. The zero-order valence-electron chi connectivity index (χ0n) is 11.7. The lowest BCUT2D eigenvalue weighted by Gasteiger charge is -2.33. The van der Waals surface area contributed by atoms with Crippen LogP contribution in [0.5, 0.6) is 0 Å². The van der Waals surface area contributed by atoms with Crippen LogP contribution < -0.4 is 5.32 Å². The Morgan fingerprint density at radius 1 is 1.35 bits per heavy atom. The van der Waals surface area contributed by atoms with Crippen LogP contribution in [0.3, 0.4) is 0 Å². The quantitative estimate of drug-likeness (QED) is 0.794. The van der Waals surface area contributed by atoms with Gasteiger partial charge in [-0.1, -0.05) is 13.8 Å². The molecule has 3 heteroatoms. The summed E-state index contributed by atoms with van der Waals surface area (Å²) in [6.07, 6.45) is 4.33.